The number of ether oxygens (including phenoxy) is 1. The number of hydrogen-bond donors (Lipinski definition) is 2. The Balaban J connectivity index is 1.69. The lowest BCUT2D eigenvalue weighted by molar-refractivity contribution is -0.383. The first-order chi connectivity index (χ1) is 14.0. The molecule has 0 saturated heterocycles. The summed E-state index contributed by atoms with van der Waals surface area (Å²) >= 11 is 1.34. The second-order valence-electron chi connectivity index (χ2n) is 6.00. The van der Waals surface area contributed by atoms with Crippen molar-refractivity contribution >= 4 is 49.8 Å². The zero-order valence-corrected chi connectivity index (χ0v) is 16.2. The molecule has 4 rings (SSSR count). The van der Waals surface area contributed by atoms with E-state index in [9.17, 15) is 10.1 Å². The first-order valence-corrected chi connectivity index (χ1v) is 9.26. The molecule has 0 saturated carbocycles. The Morgan fingerprint density at radius 2 is 1.90 bits per heavy atom. The standard InChI is InChI=1S/C18H15N7O3S/c1-10-5-6-19-14(7-10)23-16-15(25(26)27)17(21-9-20-16)24-18-22-12-4-3-11(28-2)8-13(12)29-18/h3-9H,1-2H3,(H2,19,20,21,22,23,24). The molecule has 2 N–H and O–H groups in total. The van der Waals surface area contributed by atoms with Gasteiger partial charge in [0, 0.05) is 6.20 Å². The number of aromatic nitrogens is 4. The van der Waals surface area contributed by atoms with E-state index < -0.39 is 4.92 Å². The van der Waals surface area contributed by atoms with Gasteiger partial charge in [-0.15, -0.1) is 0 Å². The topological polar surface area (TPSA) is 128 Å². The van der Waals surface area contributed by atoms with E-state index >= 15 is 0 Å². The maximum atomic E-state index is 11.7. The van der Waals surface area contributed by atoms with E-state index in [1.165, 1.54) is 17.7 Å². The van der Waals surface area contributed by atoms with E-state index in [2.05, 4.69) is 30.6 Å². The SMILES string of the molecule is COc1ccc2nc(Nc3ncnc(Nc4cc(C)ccn4)c3[N+](=O)[O-])sc2c1. The van der Waals surface area contributed by atoms with Crippen LogP contribution < -0.4 is 15.4 Å². The number of fused-ring (bicyclic) bond motifs is 1. The summed E-state index contributed by atoms with van der Waals surface area (Å²) < 4.78 is 6.10. The number of pyridine rings is 1. The number of thiazole rings is 1. The maximum absolute atomic E-state index is 11.7. The van der Waals surface area contributed by atoms with Gasteiger partial charge in [0.2, 0.25) is 11.6 Å². The number of aryl methyl sites for hydroxylation is 1. The van der Waals surface area contributed by atoms with Crippen molar-refractivity contribution in [2.75, 3.05) is 17.7 Å². The lowest BCUT2D eigenvalue weighted by Gasteiger charge is -2.08. The van der Waals surface area contributed by atoms with Crippen LogP contribution in [0.25, 0.3) is 10.2 Å². The van der Waals surface area contributed by atoms with E-state index in [0.29, 0.717) is 16.7 Å². The Morgan fingerprint density at radius 1 is 1.10 bits per heavy atom. The summed E-state index contributed by atoms with van der Waals surface area (Å²) in [6.07, 6.45) is 2.85. The van der Waals surface area contributed by atoms with Crippen LogP contribution in [0.15, 0.2) is 42.9 Å². The molecule has 0 fully saturated rings. The molecule has 146 valence electrons. The molecule has 3 aromatic heterocycles. The van der Waals surface area contributed by atoms with Gasteiger partial charge in [0.1, 0.15) is 17.9 Å². The predicted molar refractivity (Wildman–Crippen MR) is 110 cm³/mol. The van der Waals surface area contributed by atoms with Crippen LogP contribution in [0.2, 0.25) is 0 Å². The first kappa shape index (κ1) is 18.5. The van der Waals surface area contributed by atoms with Crippen LogP contribution in [-0.2, 0) is 0 Å². The van der Waals surface area contributed by atoms with E-state index in [4.69, 9.17) is 4.74 Å². The van der Waals surface area contributed by atoms with Crippen LogP contribution in [0.3, 0.4) is 0 Å². The molecule has 0 atom stereocenters. The molecule has 1 aromatic carbocycles. The highest BCUT2D eigenvalue weighted by Crippen LogP contribution is 2.35. The molecule has 0 bridgehead atoms. The molecule has 0 radical (unpaired) electrons. The Labute approximate surface area is 168 Å². The molecule has 0 spiro atoms. The minimum Gasteiger partial charge on any atom is -0.497 e. The average Bonchev–Trinajstić information content (AvgIpc) is 3.09. The molecule has 0 unspecified atom stereocenters. The number of nitro groups is 1. The first-order valence-electron chi connectivity index (χ1n) is 8.44. The monoisotopic (exact) mass is 409 g/mol. The molecular weight excluding hydrogens is 394 g/mol. The van der Waals surface area contributed by atoms with E-state index in [1.807, 2.05) is 25.1 Å². The third-order valence-electron chi connectivity index (χ3n) is 3.99. The van der Waals surface area contributed by atoms with Crippen molar-refractivity contribution in [3.8, 4) is 5.75 Å². The van der Waals surface area contributed by atoms with E-state index in [-0.39, 0.29) is 17.3 Å². The summed E-state index contributed by atoms with van der Waals surface area (Å²) in [6.45, 7) is 1.90. The summed E-state index contributed by atoms with van der Waals surface area (Å²) in [5.74, 6) is 1.22. The molecule has 10 nitrogen and oxygen atoms in total. The van der Waals surface area contributed by atoms with Gasteiger partial charge in [-0.2, -0.15) is 0 Å². The van der Waals surface area contributed by atoms with Crippen molar-refractivity contribution in [2.45, 2.75) is 6.92 Å². The fraction of sp³-hybridized carbons (Fsp3) is 0.111. The fourth-order valence-corrected chi connectivity index (χ4v) is 3.54. The molecule has 0 aliphatic rings. The molecule has 29 heavy (non-hydrogen) atoms. The highest BCUT2D eigenvalue weighted by Gasteiger charge is 2.24. The normalized spacial score (nSPS) is 10.7. The number of anilines is 4. The highest BCUT2D eigenvalue weighted by atomic mass is 32.1. The Morgan fingerprint density at radius 3 is 2.62 bits per heavy atom. The molecule has 0 aliphatic heterocycles. The molecule has 11 heteroatoms. The molecule has 3 heterocycles. The minimum absolute atomic E-state index is 0.0335. The zero-order chi connectivity index (χ0) is 20.4. The quantitative estimate of drug-likeness (QED) is 0.356. The average molecular weight is 409 g/mol. The summed E-state index contributed by atoms with van der Waals surface area (Å²) in [5.41, 5.74) is 1.41. The third-order valence-corrected chi connectivity index (χ3v) is 4.92. The van der Waals surface area contributed by atoms with E-state index in [1.54, 1.807) is 25.4 Å². The second-order valence-corrected chi connectivity index (χ2v) is 7.03. The van der Waals surface area contributed by atoms with Crippen molar-refractivity contribution < 1.29 is 9.66 Å². The number of hydrogen-bond acceptors (Lipinski definition) is 10. The van der Waals surface area contributed by atoms with Gasteiger partial charge < -0.3 is 15.4 Å². The zero-order valence-electron chi connectivity index (χ0n) is 15.4. The van der Waals surface area contributed by atoms with Crippen molar-refractivity contribution in [2.24, 2.45) is 0 Å². The molecule has 4 aromatic rings. The van der Waals surface area contributed by atoms with Gasteiger partial charge in [0.15, 0.2) is 5.13 Å². The van der Waals surface area contributed by atoms with Gasteiger partial charge in [-0.25, -0.2) is 19.9 Å². The smallest absolute Gasteiger partial charge is 0.354 e. The fourth-order valence-electron chi connectivity index (χ4n) is 2.65. The minimum atomic E-state index is -0.545. The van der Waals surface area contributed by atoms with Gasteiger partial charge in [0.25, 0.3) is 0 Å². The number of nitrogens with one attached hydrogen (secondary N) is 2. The van der Waals surface area contributed by atoms with Gasteiger partial charge in [-0.1, -0.05) is 11.3 Å². The number of rotatable bonds is 6. The summed E-state index contributed by atoms with van der Waals surface area (Å²) in [5, 5.41) is 18.0. The number of benzene rings is 1. The Bertz CT molecular complexity index is 1210. The highest BCUT2D eigenvalue weighted by molar-refractivity contribution is 7.22. The molecular formula is C18H15N7O3S. The summed E-state index contributed by atoms with van der Waals surface area (Å²) in [7, 11) is 1.59. The third kappa shape index (κ3) is 3.89. The lowest BCUT2D eigenvalue weighted by Crippen LogP contribution is -2.06. The van der Waals surface area contributed by atoms with Crippen LogP contribution >= 0.6 is 11.3 Å². The predicted octanol–water partition coefficient (Wildman–Crippen LogP) is 4.19. The summed E-state index contributed by atoms with van der Waals surface area (Å²) in [4.78, 5) is 27.8. The largest absolute Gasteiger partial charge is 0.497 e. The van der Waals surface area contributed by atoms with Crippen molar-refractivity contribution in [3.63, 3.8) is 0 Å². The second kappa shape index (κ2) is 7.64. The number of methoxy groups -OCH3 is 1. The lowest BCUT2D eigenvalue weighted by atomic mass is 10.3. The Kier molecular flexibility index (Phi) is 4.87. The molecule has 0 amide bonds. The van der Waals surface area contributed by atoms with Crippen LogP contribution in [0.1, 0.15) is 5.56 Å². The van der Waals surface area contributed by atoms with Gasteiger partial charge in [0.05, 0.1) is 22.2 Å². The van der Waals surface area contributed by atoms with Gasteiger partial charge >= 0.3 is 5.69 Å². The molecule has 0 aliphatic carbocycles. The van der Waals surface area contributed by atoms with Crippen LogP contribution in [-0.4, -0.2) is 32.0 Å². The maximum Gasteiger partial charge on any atom is 0.354 e. The van der Waals surface area contributed by atoms with Crippen molar-refractivity contribution in [1.29, 1.82) is 0 Å². The van der Waals surface area contributed by atoms with Crippen LogP contribution in [0, 0.1) is 17.0 Å². The summed E-state index contributed by atoms with van der Waals surface area (Å²) in [6, 6.07) is 9.06. The van der Waals surface area contributed by atoms with Crippen molar-refractivity contribution in [1.82, 2.24) is 19.9 Å². The Hall–Kier alpha value is -3.86. The number of nitrogens with zero attached hydrogens (tertiary/aromatic N) is 5. The van der Waals surface area contributed by atoms with Gasteiger partial charge in [-0.05, 0) is 42.8 Å². The van der Waals surface area contributed by atoms with Gasteiger partial charge in [-0.3, -0.25) is 10.1 Å². The van der Waals surface area contributed by atoms with Crippen molar-refractivity contribution in [3.05, 3.63) is 58.5 Å². The van der Waals surface area contributed by atoms with E-state index in [0.717, 1.165) is 15.8 Å². The van der Waals surface area contributed by atoms with Crippen LogP contribution in [0.5, 0.6) is 5.75 Å². The van der Waals surface area contributed by atoms with Crippen LogP contribution in [0.4, 0.5) is 28.3 Å².